The van der Waals surface area contributed by atoms with Crippen LogP contribution in [0.5, 0.6) is 0 Å². The fourth-order valence-electron chi connectivity index (χ4n) is 3.41. The number of nitrogens with zero attached hydrogens (tertiary/aromatic N) is 3. The van der Waals surface area contributed by atoms with E-state index in [1.807, 2.05) is 35.2 Å². The zero-order valence-corrected chi connectivity index (χ0v) is 13.8. The maximum atomic E-state index is 13.0. The second kappa shape index (κ2) is 5.91. The molecule has 0 radical (unpaired) electrons. The van der Waals surface area contributed by atoms with Gasteiger partial charge in [0, 0.05) is 23.3 Å². The van der Waals surface area contributed by atoms with E-state index in [0.29, 0.717) is 23.0 Å². The predicted molar refractivity (Wildman–Crippen MR) is 93.1 cm³/mol. The Bertz CT molecular complexity index is 831. The molecule has 1 fully saturated rings. The van der Waals surface area contributed by atoms with Gasteiger partial charge in [0.25, 0.3) is 5.91 Å². The molecular formula is C18H17ClN4O. The Morgan fingerprint density at radius 3 is 2.88 bits per heavy atom. The largest absolute Gasteiger partial charge is 0.383 e. The number of pyridine rings is 1. The molecular weight excluding hydrogens is 324 g/mol. The van der Waals surface area contributed by atoms with Crippen molar-refractivity contribution in [2.45, 2.75) is 25.4 Å². The van der Waals surface area contributed by atoms with Crippen LogP contribution in [0.2, 0.25) is 5.02 Å². The fraction of sp³-hybridized carbons (Fsp3) is 0.278. The lowest BCUT2D eigenvalue weighted by atomic mass is 10.0. The Labute approximate surface area is 145 Å². The number of carbonyl (C=O) groups excluding carboxylic acids is 1. The van der Waals surface area contributed by atoms with Gasteiger partial charge in [0.05, 0.1) is 23.8 Å². The van der Waals surface area contributed by atoms with E-state index in [1.165, 1.54) is 0 Å². The van der Waals surface area contributed by atoms with E-state index in [1.54, 1.807) is 6.20 Å². The summed E-state index contributed by atoms with van der Waals surface area (Å²) < 4.78 is 0. The number of aromatic nitrogens is 1. The highest BCUT2D eigenvalue weighted by molar-refractivity contribution is 6.30. The highest BCUT2D eigenvalue weighted by Gasteiger charge is 2.31. The Morgan fingerprint density at radius 2 is 2.08 bits per heavy atom. The predicted octanol–water partition coefficient (Wildman–Crippen LogP) is 2.93. The summed E-state index contributed by atoms with van der Waals surface area (Å²) in [6.07, 6.45) is 3.57. The van der Waals surface area contributed by atoms with Crippen LogP contribution < -0.4 is 5.73 Å². The first-order chi connectivity index (χ1) is 11.6. The third kappa shape index (κ3) is 2.55. The summed E-state index contributed by atoms with van der Waals surface area (Å²) >= 11 is 5.97. The van der Waals surface area contributed by atoms with E-state index in [0.717, 1.165) is 36.2 Å². The van der Waals surface area contributed by atoms with Crippen LogP contribution in [-0.4, -0.2) is 28.2 Å². The van der Waals surface area contributed by atoms with Gasteiger partial charge in [-0.3, -0.25) is 14.8 Å². The number of carbonyl (C=O) groups is 1. The third-order valence-corrected chi connectivity index (χ3v) is 4.91. The van der Waals surface area contributed by atoms with Crippen molar-refractivity contribution in [2.24, 2.45) is 10.7 Å². The summed E-state index contributed by atoms with van der Waals surface area (Å²) in [5.41, 5.74) is 9.16. The zero-order chi connectivity index (χ0) is 16.7. The lowest BCUT2D eigenvalue weighted by molar-refractivity contribution is 0.0735. The third-order valence-electron chi connectivity index (χ3n) is 4.66. The lowest BCUT2D eigenvalue weighted by Gasteiger charge is -2.25. The van der Waals surface area contributed by atoms with Crippen molar-refractivity contribution in [3.05, 3.63) is 63.9 Å². The van der Waals surface area contributed by atoms with Crippen molar-refractivity contribution in [3.8, 4) is 0 Å². The van der Waals surface area contributed by atoms with Crippen LogP contribution in [0.15, 0.2) is 41.5 Å². The van der Waals surface area contributed by atoms with Crippen LogP contribution in [0.3, 0.4) is 0 Å². The Hall–Kier alpha value is -2.40. The number of amidine groups is 1. The van der Waals surface area contributed by atoms with Gasteiger partial charge < -0.3 is 10.6 Å². The molecule has 122 valence electrons. The quantitative estimate of drug-likeness (QED) is 0.913. The number of halogens is 1. The van der Waals surface area contributed by atoms with Crippen molar-refractivity contribution < 1.29 is 4.79 Å². The molecule has 2 aliphatic rings. The van der Waals surface area contributed by atoms with E-state index in [9.17, 15) is 4.79 Å². The molecule has 3 heterocycles. The van der Waals surface area contributed by atoms with E-state index in [4.69, 9.17) is 17.3 Å². The number of rotatable bonds is 2. The number of nitrogens with two attached hydrogens (primary N) is 1. The van der Waals surface area contributed by atoms with Gasteiger partial charge in [0.1, 0.15) is 5.84 Å². The maximum absolute atomic E-state index is 13.0. The van der Waals surface area contributed by atoms with Crippen molar-refractivity contribution in [3.63, 3.8) is 0 Å². The van der Waals surface area contributed by atoms with E-state index < -0.39 is 0 Å². The molecule has 5 nitrogen and oxygen atoms in total. The SMILES string of the molecule is NC1=NCc2ncc(C(=O)N3CCC[C@@H]3c3ccc(Cl)cc3)cc21. The first-order valence-electron chi connectivity index (χ1n) is 7.99. The van der Waals surface area contributed by atoms with Crippen molar-refractivity contribution in [1.29, 1.82) is 0 Å². The summed E-state index contributed by atoms with van der Waals surface area (Å²) in [6.45, 7) is 1.24. The van der Waals surface area contributed by atoms with Gasteiger partial charge in [-0.2, -0.15) is 0 Å². The van der Waals surface area contributed by atoms with Crippen molar-refractivity contribution in [2.75, 3.05) is 6.54 Å². The van der Waals surface area contributed by atoms with Gasteiger partial charge in [-0.05, 0) is 36.6 Å². The van der Waals surface area contributed by atoms with E-state index in [2.05, 4.69) is 9.98 Å². The second-order valence-corrected chi connectivity index (χ2v) is 6.56. The molecule has 0 bridgehead atoms. The molecule has 0 unspecified atom stereocenters. The number of likely N-dealkylation sites (tertiary alicyclic amines) is 1. The molecule has 0 spiro atoms. The van der Waals surface area contributed by atoms with Crippen LogP contribution in [-0.2, 0) is 6.54 Å². The molecule has 1 aromatic carbocycles. The number of hydrogen-bond donors (Lipinski definition) is 1. The van der Waals surface area contributed by atoms with E-state index >= 15 is 0 Å². The molecule has 2 N–H and O–H groups in total. The minimum atomic E-state index is -0.0116. The number of hydrogen-bond acceptors (Lipinski definition) is 4. The normalized spacial score (nSPS) is 19.3. The van der Waals surface area contributed by atoms with Gasteiger partial charge in [0.2, 0.25) is 0 Å². The average molecular weight is 341 g/mol. The number of fused-ring (bicyclic) bond motifs is 1. The first kappa shape index (κ1) is 15.1. The Kier molecular flexibility index (Phi) is 3.73. The molecule has 1 saturated heterocycles. The molecule has 2 aromatic rings. The van der Waals surface area contributed by atoms with Crippen LogP contribution in [0.25, 0.3) is 0 Å². The summed E-state index contributed by atoms with van der Waals surface area (Å²) in [4.78, 5) is 23.4. The summed E-state index contributed by atoms with van der Waals surface area (Å²) in [5.74, 6) is 0.449. The molecule has 4 rings (SSSR count). The number of aliphatic imine (C=N–C) groups is 1. The van der Waals surface area contributed by atoms with Gasteiger partial charge in [-0.15, -0.1) is 0 Å². The van der Waals surface area contributed by atoms with Crippen LogP contribution in [0.1, 0.15) is 46.1 Å². The van der Waals surface area contributed by atoms with Crippen molar-refractivity contribution in [1.82, 2.24) is 9.88 Å². The molecule has 1 amide bonds. The number of amides is 1. The van der Waals surface area contributed by atoms with Crippen LogP contribution in [0.4, 0.5) is 0 Å². The molecule has 1 atom stereocenters. The van der Waals surface area contributed by atoms with Crippen LogP contribution >= 0.6 is 11.6 Å². The molecule has 24 heavy (non-hydrogen) atoms. The smallest absolute Gasteiger partial charge is 0.255 e. The molecule has 6 heteroatoms. The minimum absolute atomic E-state index is 0.0116. The van der Waals surface area contributed by atoms with Gasteiger partial charge in [-0.25, -0.2) is 0 Å². The molecule has 0 saturated carbocycles. The second-order valence-electron chi connectivity index (χ2n) is 6.13. The Morgan fingerprint density at radius 1 is 1.29 bits per heavy atom. The monoisotopic (exact) mass is 340 g/mol. The number of benzene rings is 1. The highest BCUT2D eigenvalue weighted by atomic mass is 35.5. The minimum Gasteiger partial charge on any atom is -0.383 e. The summed E-state index contributed by atoms with van der Waals surface area (Å²) in [6, 6.07) is 9.61. The van der Waals surface area contributed by atoms with E-state index in [-0.39, 0.29) is 11.9 Å². The highest BCUT2D eigenvalue weighted by Crippen LogP contribution is 2.33. The molecule has 2 aliphatic heterocycles. The topological polar surface area (TPSA) is 71.6 Å². The maximum Gasteiger partial charge on any atom is 0.255 e. The fourth-order valence-corrected chi connectivity index (χ4v) is 3.54. The average Bonchev–Trinajstić information content (AvgIpc) is 3.22. The Balaban J connectivity index is 1.63. The van der Waals surface area contributed by atoms with Gasteiger partial charge >= 0.3 is 0 Å². The van der Waals surface area contributed by atoms with Gasteiger partial charge in [-0.1, -0.05) is 23.7 Å². The molecule has 1 aromatic heterocycles. The van der Waals surface area contributed by atoms with Crippen LogP contribution in [0, 0.1) is 0 Å². The first-order valence-corrected chi connectivity index (χ1v) is 8.37. The van der Waals surface area contributed by atoms with Crippen molar-refractivity contribution >= 4 is 23.3 Å². The summed E-state index contributed by atoms with van der Waals surface area (Å²) in [5, 5.41) is 0.701. The van der Waals surface area contributed by atoms with Gasteiger partial charge in [0.15, 0.2) is 0 Å². The lowest BCUT2D eigenvalue weighted by Crippen LogP contribution is -2.31. The zero-order valence-electron chi connectivity index (χ0n) is 13.1. The standard InChI is InChI=1S/C18H17ClN4O/c19-13-5-3-11(4-6-13)16-2-1-7-23(16)18(24)12-8-14-15(21-9-12)10-22-17(14)20/h3-6,8-9,16H,1-2,7,10H2,(H2,20,22)/t16-/m1/s1. The summed E-state index contributed by atoms with van der Waals surface area (Å²) in [7, 11) is 0. The molecule has 0 aliphatic carbocycles.